The van der Waals surface area contributed by atoms with Crippen LogP contribution in [0.3, 0.4) is 0 Å². The van der Waals surface area contributed by atoms with Crippen molar-refractivity contribution < 1.29 is 4.42 Å². The first-order valence-corrected chi connectivity index (χ1v) is 4.62. The topological polar surface area (TPSA) is 72.0 Å². The summed E-state index contributed by atoms with van der Waals surface area (Å²) in [6, 6.07) is 5.63. The highest BCUT2D eigenvalue weighted by molar-refractivity contribution is 5.75. The number of nitrogens with two attached hydrogens (primary N) is 1. The number of hydrogen-bond donors (Lipinski definition) is 2. The summed E-state index contributed by atoms with van der Waals surface area (Å²) in [5.74, 6) is -0.403. The van der Waals surface area contributed by atoms with Crippen molar-refractivity contribution in [3.63, 3.8) is 0 Å². The molecule has 0 fully saturated rings. The Morgan fingerprint density at radius 1 is 1.43 bits per heavy atom. The number of para-hydroxylation sites is 1. The summed E-state index contributed by atoms with van der Waals surface area (Å²) in [6.45, 7) is 0.651. The molecular weight excluding hydrogens is 180 g/mol. The average molecular weight is 192 g/mol. The molecular formula is C10H12N2O2. The molecule has 0 unspecified atom stereocenters. The molecule has 0 aliphatic rings. The third kappa shape index (κ3) is 1.56. The van der Waals surface area contributed by atoms with Gasteiger partial charge in [-0.1, -0.05) is 12.1 Å². The molecule has 0 saturated carbocycles. The van der Waals surface area contributed by atoms with E-state index in [4.69, 9.17) is 10.2 Å². The van der Waals surface area contributed by atoms with Gasteiger partial charge in [-0.2, -0.15) is 0 Å². The molecule has 14 heavy (non-hydrogen) atoms. The highest BCUT2D eigenvalue weighted by atomic mass is 16.4. The van der Waals surface area contributed by atoms with Gasteiger partial charge in [0.05, 0.1) is 5.52 Å². The molecule has 0 spiro atoms. The molecule has 0 amide bonds. The van der Waals surface area contributed by atoms with Crippen molar-refractivity contribution in [2.75, 3.05) is 6.54 Å². The van der Waals surface area contributed by atoms with Crippen LogP contribution < -0.4 is 11.5 Å². The van der Waals surface area contributed by atoms with E-state index >= 15 is 0 Å². The van der Waals surface area contributed by atoms with Crippen LogP contribution in [0.15, 0.2) is 27.4 Å². The number of H-pyrrole nitrogens is 1. The Hall–Kier alpha value is -1.55. The van der Waals surface area contributed by atoms with E-state index in [1.54, 1.807) is 6.07 Å². The van der Waals surface area contributed by atoms with Crippen molar-refractivity contribution in [3.8, 4) is 0 Å². The molecule has 1 aromatic heterocycles. The molecule has 1 heterocycles. The van der Waals surface area contributed by atoms with Gasteiger partial charge in [0.15, 0.2) is 5.58 Å². The standard InChI is InChI=1S/C10H12N2O2/c11-6-2-4-7-3-1-5-8-9(7)12-10(13)14-8/h1,3,5H,2,4,6,11H2,(H,12,13). The second-order valence-corrected chi connectivity index (χ2v) is 3.20. The van der Waals surface area contributed by atoms with E-state index in [1.165, 1.54) is 0 Å². The minimum Gasteiger partial charge on any atom is -0.408 e. The summed E-state index contributed by atoms with van der Waals surface area (Å²) in [5, 5.41) is 0. The van der Waals surface area contributed by atoms with Crippen LogP contribution in [0.5, 0.6) is 0 Å². The summed E-state index contributed by atoms with van der Waals surface area (Å²) in [5.41, 5.74) is 7.92. The quantitative estimate of drug-likeness (QED) is 0.762. The number of aryl methyl sites for hydroxylation is 1. The highest BCUT2D eigenvalue weighted by Gasteiger charge is 2.04. The molecule has 4 nitrogen and oxygen atoms in total. The Morgan fingerprint density at radius 2 is 2.29 bits per heavy atom. The van der Waals surface area contributed by atoms with Crippen molar-refractivity contribution in [3.05, 3.63) is 34.3 Å². The van der Waals surface area contributed by atoms with Crippen molar-refractivity contribution in [2.45, 2.75) is 12.8 Å². The van der Waals surface area contributed by atoms with Gasteiger partial charge in [-0.3, -0.25) is 4.98 Å². The predicted octanol–water partition coefficient (Wildman–Crippen LogP) is 1.01. The molecule has 0 aliphatic heterocycles. The molecule has 74 valence electrons. The molecule has 3 N–H and O–H groups in total. The van der Waals surface area contributed by atoms with Gasteiger partial charge >= 0.3 is 5.76 Å². The van der Waals surface area contributed by atoms with Crippen LogP contribution in [0.4, 0.5) is 0 Å². The Labute approximate surface area is 80.7 Å². The summed E-state index contributed by atoms with van der Waals surface area (Å²) in [7, 11) is 0. The van der Waals surface area contributed by atoms with Crippen LogP contribution in [0.1, 0.15) is 12.0 Å². The van der Waals surface area contributed by atoms with Gasteiger partial charge in [0, 0.05) is 0 Å². The van der Waals surface area contributed by atoms with Crippen molar-refractivity contribution >= 4 is 11.1 Å². The molecule has 2 aromatic rings. The Kier molecular flexibility index (Phi) is 2.37. The number of aromatic amines is 1. The van der Waals surface area contributed by atoms with E-state index in [0.29, 0.717) is 12.1 Å². The van der Waals surface area contributed by atoms with Crippen molar-refractivity contribution in [1.29, 1.82) is 0 Å². The highest BCUT2D eigenvalue weighted by Crippen LogP contribution is 2.15. The van der Waals surface area contributed by atoms with Crippen LogP contribution in [0, 0.1) is 0 Å². The first-order chi connectivity index (χ1) is 6.81. The van der Waals surface area contributed by atoms with Crippen molar-refractivity contribution in [2.24, 2.45) is 5.73 Å². The molecule has 2 rings (SSSR count). The zero-order valence-electron chi connectivity index (χ0n) is 7.75. The van der Waals surface area contributed by atoms with Gasteiger partial charge in [0.2, 0.25) is 0 Å². The number of nitrogens with one attached hydrogen (secondary N) is 1. The largest absolute Gasteiger partial charge is 0.417 e. The lowest BCUT2D eigenvalue weighted by Gasteiger charge is -1.99. The minimum atomic E-state index is -0.403. The van der Waals surface area contributed by atoms with Gasteiger partial charge in [0.1, 0.15) is 0 Å². The van der Waals surface area contributed by atoms with Crippen LogP contribution >= 0.6 is 0 Å². The van der Waals surface area contributed by atoms with E-state index in [9.17, 15) is 4.79 Å². The summed E-state index contributed by atoms with van der Waals surface area (Å²) in [6.07, 6.45) is 1.77. The fourth-order valence-electron chi connectivity index (χ4n) is 1.53. The predicted molar refractivity (Wildman–Crippen MR) is 54.2 cm³/mol. The second kappa shape index (κ2) is 3.67. The first-order valence-electron chi connectivity index (χ1n) is 4.62. The molecule has 4 heteroatoms. The summed E-state index contributed by atoms with van der Waals surface area (Å²) < 4.78 is 4.95. The van der Waals surface area contributed by atoms with E-state index in [2.05, 4.69) is 4.98 Å². The zero-order valence-corrected chi connectivity index (χ0v) is 7.75. The Morgan fingerprint density at radius 3 is 3.07 bits per heavy atom. The fraction of sp³-hybridized carbons (Fsp3) is 0.300. The third-order valence-corrected chi connectivity index (χ3v) is 2.19. The smallest absolute Gasteiger partial charge is 0.408 e. The molecule has 0 saturated heterocycles. The molecule has 0 atom stereocenters. The van der Waals surface area contributed by atoms with E-state index in [1.807, 2.05) is 12.1 Å². The molecule has 1 aromatic carbocycles. The van der Waals surface area contributed by atoms with Crippen LogP contribution in [0.25, 0.3) is 11.1 Å². The van der Waals surface area contributed by atoms with Crippen LogP contribution in [-0.2, 0) is 6.42 Å². The number of hydrogen-bond acceptors (Lipinski definition) is 3. The van der Waals surface area contributed by atoms with E-state index in [0.717, 1.165) is 23.9 Å². The first kappa shape index (κ1) is 9.02. The molecule has 0 radical (unpaired) electrons. The van der Waals surface area contributed by atoms with Crippen molar-refractivity contribution in [1.82, 2.24) is 4.98 Å². The fourth-order valence-corrected chi connectivity index (χ4v) is 1.53. The second-order valence-electron chi connectivity index (χ2n) is 3.20. The van der Waals surface area contributed by atoms with Crippen LogP contribution in [-0.4, -0.2) is 11.5 Å². The molecule has 0 aliphatic carbocycles. The molecule has 0 bridgehead atoms. The lowest BCUT2D eigenvalue weighted by molar-refractivity contribution is 0.555. The van der Waals surface area contributed by atoms with Gasteiger partial charge in [-0.25, -0.2) is 4.79 Å². The Bertz CT molecular complexity index is 484. The maximum Gasteiger partial charge on any atom is 0.417 e. The zero-order chi connectivity index (χ0) is 9.97. The lowest BCUT2D eigenvalue weighted by Crippen LogP contribution is -2.01. The van der Waals surface area contributed by atoms with Gasteiger partial charge in [-0.15, -0.1) is 0 Å². The van der Waals surface area contributed by atoms with E-state index in [-0.39, 0.29) is 0 Å². The maximum atomic E-state index is 11.0. The van der Waals surface area contributed by atoms with Gasteiger partial charge in [0.25, 0.3) is 0 Å². The SMILES string of the molecule is NCCCc1cccc2oc(=O)[nH]c12. The maximum absolute atomic E-state index is 11.0. The minimum absolute atomic E-state index is 0.403. The summed E-state index contributed by atoms with van der Waals surface area (Å²) in [4.78, 5) is 13.6. The Balaban J connectivity index is 2.47. The number of rotatable bonds is 3. The number of aromatic nitrogens is 1. The number of benzene rings is 1. The van der Waals surface area contributed by atoms with Gasteiger partial charge in [-0.05, 0) is 31.0 Å². The van der Waals surface area contributed by atoms with Gasteiger partial charge < -0.3 is 10.2 Å². The average Bonchev–Trinajstić information content (AvgIpc) is 2.55. The summed E-state index contributed by atoms with van der Waals surface area (Å²) >= 11 is 0. The lowest BCUT2D eigenvalue weighted by atomic mass is 10.1. The van der Waals surface area contributed by atoms with Crippen LogP contribution in [0.2, 0.25) is 0 Å². The third-order valence-electron chi connectivity index (χ3n) is 2.19. The monoisotopic (exact) mass is 192 g/mol. The van der Waals surface area contributed by atoms with E-state index < -0.39 is 5.76 Å². The number of fused-ring (bicyclic) bond motifs is 1. The normalized spacial score (nSPS) is 10.9. The number of oxazole rings is 1.